The van der Waals surface area contributed by atoms with Crippen LogP contribution in [-0.4, -0.2) is 72.1 Å². The molecular formula is C33H38N12O2. The van der Waals surface area contributed by atoms with Gasteiger partial charge >= 0.3 is 0 Å². The van der Waals surface area contributed by atoms with Gasteiger partial charge < -0.3 is 25.7 Å². The van der Waals surface area contributed by atoms with Gasteiger partial charge in [-0.2, -0.15) is 10.2 Å². The maximum absolute atomic E-state index is 11.3. The fourth-order valence-corrected chi connectivity index (χ4v) is 5.18. The number of carbonyl (C=O) groups is 1. The molecule has 242 valence electrons. The molecule has 0 aliphatic carbocycles. The molecule has 0 bridgehead atoms. The Morgan fingerprint density at radius 3 is 2.21 bits per heavy atom. The van der Waals surface area contributed by atoms with E-state index in [1.54, 1.807) is 16.4 Å². The molecule has 4 N–H and O–H groups in total. The van der Waals surface area contributed by atoms with Crippen LogP contribution in [0.4, 0.5) is 22.7 Å². The maximum atomic E-state index is 11.3. The van der Waals surface area contributed by atoms with E-state index in [9.17, 15) is 4.79 Å². The van der Waals surface area contributed by atoms with Crippen molar-refractivity contribution in [2.24, 2.45) is 4.99 Å². The van der Waals surface area contributed by atoms with Crippen LogP contribution in [0.2, 0.25) is 0 Å². The maximum Gasteiger partial charge on any atom is 0.221 e. The number of aliphatic imine (C=N–C) groups is 1. The minimum atomic E-state index is -0.0962. The Morgan fingerprint density at radius 1 is 0.894 bits per heavy atom. The molecule has 0 fully saturated rings. The molecular weight excluding hydrogens is 596 g/mol. The highest BCUT2D eigenvalue weighted by Crippen LogP contribution is 2.21. The topological polar surface area (TPSA) is 164 Å². The zero-order valence-corrected chi connectivity index (χ0v) is 27.2. The number of amides is 1. The Balaban J connectivity index is 1.17. The number of ether oxygens (including phenoxy) is 1. The van der Waals surface area contributed by atoms with Crippen molar-refractivity contribution in [1.29, 1.82) is 0 Å². The van der Waals surface area contributed by atoms with Crippen molar-refractivity contribution in [2.45, 2.75) is 46.5 Å². The number of fused-ring (bicyclic) bond motifs is 2. The van der Waals surface area contributed by atoms with Crippen LogP contribution in [0.1, 0.15) is 61.2 Å². The largest absolute Gasteiger partial charge is 0.486 e. The van der Waals surface area contributed by atoms with Crippen molar-refractivity contribution in [2.75, 3.05) is 36.1 Å². The molecule has 47 heavy (non-hydrogen) atoms. The summed E-state index contributed by atoms with van der Waals surface area (Å²) in [4.78, 5) is 23.9. The number of H-pyrrole nitrogens is 1. The number of rotatable bonds is 12. The molecule has 0 aliphatic rings. The highest BCUT2D eigenvalue weighted by atomic mass is 16.5. The number of aromatic nitrogens is 8. The standard InChI is InChI=1S/C33H38N12O2/c1-19(16-34-24-7-9-26(10-8-24)36-18-47-6)30-38-32-28(21(3)40-44(32)42-30)15-29-22(4)41-45-33(29)39-31(43-45)20(2)17-35-25-11-13-27(14-12-25)37-23(5)46/h7-15,18-20,34-35H,16-17H2,1-6H3,(H,37,46)(H,39,43)/b28-15-,36-18-. The van der Waals surface area contributed by atoms with Crippen molar-refractivity contribution in [3.63, 3.8) is 0 Å². The molecule has 6 rings (SSSR count). The lowest BCUT2D eigenvalue weighted by Gasteiger charge is -2.11. The van der Waals surface area contributed by atoms with Crippen LogP contribution in [0.3, 0.4) is 0 Å². The normalized spacial score (nSPS) is 13.4. The fraction of sp³-hybridized carbons (Fsp3) is 0.303. The van der Waals surface area contributed by atoms with Crippen LogP contribution in [0, 0.1) is 13.8 Å². The van der Waals surface area contributed by atoms with Crippen molar-refractivity contribution in [1.82, 2.24) is 39.6 Å². The van der Waals surface area contributed by atoms with E-state index in [2.05, 4.69) is 56.0 Å². The summed E-state index contributed by atoms with van der Waals surface area (Å²) in [6.45, 7) is 10.9. The highest BCUT2D eigenvalue weighted by Gasteiger charge is 2.19. The predicted molar refractivity (Wildman–Crippen MR) is 183 cm³/mol. The van der Waals surface area contributed by atoms with E-state index in [1.807, 2.05) is 62.4 Å². The number of anilines is 3. The number of hydrogen-bond donors (Lipinski definition) is 4. The number of aromatic amines is 1. The smallest absolute Gasteiger partial charge is 0.221 e. The molecule has 2 aromatic carbocycles. The first-order valence-corrected chi connectivity index (χ1v) is 15.4. The monoisotopic (exact) mass is 634 g/mol. The molecule has 2 unspecified atom stereocenters. The average molecular weight is 635 g/mol. The zero-order chi connectivity index (χ0) is 33.1. The number of carbonyl (C=O) groups excluding carboxylic acids is 1. The van der Waals surface area contributed by atoms with E-state index in [0.29, 0.717) is 24.6 Å². The fourth-order valence-electron chi connectivity index (χ4n) is 5.18. The van der Waals surface area contributed by atoms with Crippen molar-refractivity contribution < 1.29 is 9.53 Å². The quantitative estimate of drug-likeness (QED) is 0.113. The first-order valence-electron chi connectivity index (χ1n) is 15.4. The van der Waals surface area contributed by atoms with Gasteiger partial charge in [0.25, 0.3) is 0 Å². The second-order valence-corrected chi connectivity index (χ2v) is 11.6. The van der Waals surface area contributed by atoms with Crippen molar-refractivity contribution >= 4 is 52.4 Å². The van der Waals surface area contributed by atoms with Gasteiger partial charge in [-0.05, 0) is 68.5 Å². The molecule has 6 aromatic rings. The summed E-state index contributed by atoms with van der Waals surface area (Å²) in [5.41, 5.74) is 7.61. The summed E-state index contributed by atoms with van der Waals surface area (Å²) in [5, 5.41) is 29.3. The number of hydrogen-bond acceptors (Lipinski definition) is 10. The molecule has 0 saturated carbocycles. The van der Waals surface area contributed by atoms with E-state index in [4.69, 9.17) is 19.9 Å². The zero-order valence-electron chi connectivity index (χ0n) is 27.2. The Morgan fingerprint density at radius 2 is 1.53 bits per heavy atom. The lowest BCUT2D eigenvalue weighted by molar-refractivity contribution is -0.114. The van der Waals surface area contributed by atoms with E-state index < -0.39 is 0 Å². The Labute approximate surface area is 271 Å². The molecule has 0 saturated heterocycles. The number of nitrogens with one attached hydrogen (secondary N) is 4. The SMILES string of the molecule is CO/C=N\c1ccc(NCC(C)c2nc3/c(=C\c4c(C)nn5nc(C(C)CNc6ccc(NC(C)=O)cc6)[nH]c45)c(C)nn3n2)cc1. The van der Waals surface area contributed by atoms with Gasteiger partial charge in [-0.15, -0.1) is 19.5 Å². The molecule has 4 aromatic heterocycles. The predicted octanol–water partition coefficient (Wildman–Crippen LogP) is 4.36. The molecule has 0 spiro atoms. The van der Waals surface area contributed by atoms with Gasteiger partial charge in [0.05, 0.1) is 24.2 Å². The first kappa shape index (κ1) is 31.2. The summed E-state index contributed by atoms with van der Waals surface area (Å²) in [6.07, 6.45) is 3.47. The summed E-state index contributed by atoms with van der Waals surface area (Å²) in [6, 6.07) is 15.4. The third-order valence-corrected chi connectivity index (χ3v) is 7.82. The average Bonchev–Trinajstić information content (AvgIpc) is 3.80. The van der Waals surface area contributed by atoms with Gasteiger partial charge in [0.2, 0.25) is 5.91 Å². The second-order valence-electron chi connectivity index (χ2n) is 11.6. The van der Waals surface area contributed by atoms with Gasteiger partial charge in [-0.3, -0.25) is 4.79 Å². The van der Waals surface area contributed by atoms with Crippen LogP contribution >= 0.6 is 0 Å². The van der Waals surface area contributed by atoms with Gasteiger partial charge in [0.1, 0.15) is 5.82 Å². The van der Waals surface area contributed by atoms with E-state index in [0.717, 1.165) is 56.4 Å². The van der Waals surface area contributed by atoms with Crippen LogP contribution < -0.4 is 21.2 Å². The van der Waals surface area contributed by atoms with Gasteiger partial charge in [-0.1, -0.05) is 13.8 Å². The molecule has 4 heterocycles. The van der Waals surface area contributed by atoms with Crippen LogP contribution in [-0.2, 0) is 9.53 Å². The number of benzene rings is 2. The Hall–Kier alpha value is -5.79. The van der Waals surface area contributed by atoms with Crippen LogP contribution in [0.5, 0.6) is 0 Å². The van der Waals surface area contributed by atoms with E-state index in [-0.39, 0.29) is 17.7 Å². The third-order valence-electron chi connectivity index (χ3n) is 7.82. The Bertz CT molecular complexity index is 2090. The number of aryl methyl sites for hydroxylation is 2. The lowest BCUT2D eigenvalue weighted by atomic mass is 10.1. The number of nitrogens with zero attached hydrogens (tertiary/aromatic N) is 8. The van der Waals surface area contributed by atoms with E-state index in [1.165, 1.54) is 13.3 Å². The Kier molecular flexibility index (Phi) is 8.82. The van der Waals surface area contributed by atoms with Crippen LogP contribution in [0.15, 0.2) is 53.5 Å². The summed E-state index contributed by atoms with van der Waals surface area (Å²) in [5.74, 6) is 1.55. The molecule has 1 amide bonds. The first-order chi connectivity index (χ1) is 22.7. The molecule has 0 aliphatic heterocycles. The van der Waals surface area contributed by atoms with Gasteiger partial charge in [0.15, 0.2) is 23.5 Å². The second kappa shape index (κ2) is 13.3. The van der Waals surface area contributed by atoms with Gasteiger partial charge in [-0.25, -0.2) is 9.98 Å². The number of methoxy groups -OCH3 is 1. The molecule has 14 nitrogen and oxygen atoms in total. The summed E-state index contributed by atoms with van der Waals surface area (Å²) >= 11 is 0. The lowest BCUT2D eigenvalue weighted by Crippen LogP contribution is -2.12. The van der Waals surface area contributed by atoms with Crippen molar-refractivity contribution in [3.8, 4) is 0 Å². The highest BCUT2D eigenvalue weighted by molar-refractivity contribution is 5.88. The summed E-state index contributed by atoms with van der Waals surface area (Å²) in [7, 11) is 1.57. The summed E-state index contributed by atoms with van der Waals surface area (Å²) < 4.78 is 8.14. The van der Waals surface area contributed by atoms with Crippen molar-refractivity contribution in [3.05, 3.63) is 82.3 Å². The third kappa shape index (κ3) is 6.90. The molecule has 0 radical (unpaired) electrons. The minimum absolute atomic E-state index is 0.0426. The minimum Gasteiger partial charge on any atom is -0.486 e. The van der Waals surface area contributed by atoms with Crippen LogP contribution in [0.25, 0.3) is 17.4 Å². The molecule has 14 heteroatoms. The van der Waals surface area contributed by atoms with E-state index >= 15 is 0 Å². The molecule has 2 atom stereocenters. The van der Waals surface area contributed by atoms with Gasteiger partial charge in [0, 0.05) is 59.7 Å².